The molecule has 0 aromatic rings. The van der Waals surface area contributed by atoms with Crippen molar-refractivity contribution in [2.45, 2.75) is 18.9 Å². The van der Waals surface area contributed by atoms with Crippen LogP contribution >= 0.6 is 0 Å². The Kier molecular flexibility index (Phi) is 4.50. The van der Waals surface area contributed by atoms with Crippen LogP contribution in [0.5, 0.6) is 0 Å². The number of rotatable bonds is 5. The molecule has 0 saturated carbocycles. The third-order valence-electron chi connectivity index (χ3n) is 1.86. The van der Waals surface area contributed by atoms with Gasteiger partial charge in [-0.2, -0.15) is 0 Å². The minimum atomic E-state index is 0.451. The fraction of sp³-hybridized carbons (Fsp3) is 1.00. The first kappa shape index (κ1) is 8.97. The molecule has 66 valence electrons. The molecule has 1 heterocycles. The van der Waals surface area contributed by atoms with Gasteiger partial charge in [0.25, 0.3) is 0 Å². The fourth-order valence-corrected chi connectivity index (χ4v) is 1.22. The van der Waals surface area contributed by atoms with E-state index in [1.165, 1.54) is 0 Å². The van der Waals surface area contributed by atoms with Gasteiger partial charge in [0.15, 0.2) is 0 Å². The van der Waals surface area contributed by atoms with Crippen molar-refractivity contribution >= 4 is 0 Å². The molecule has 0 bridgehead atoms. The smallest absolute Gasteiger partial charge is 0.0711 e. The van der Waals surface area contributed by atoms with Crippen LogP contribution in [-0.4, -0.2) is 39.5 Å². The Balaban J connectivity index is 1.86. The molecule has 0 radical (unpaired) electrons. The Morgan fingerprint density at radius 1 is 1.45 bits per heavy atom. The predicted molar refractivity (Wildman–Crippen MR) is 43.7 cm³/mol. The van der Waals surface area contributed by atoms with Gasteiger partial charge in [0.1, 0.15) is 0 Å². The van der Waals surface area contributed by atoms with Gasteiger partial charge in [0, 0.05) is 26.9 Å². The van der Waals surface area contributed by atoms with Gasteiger partial charge < -0.3 is 14.8 Å². The molecular weight excluding hydrogens is 142 g/mol. The van der Waals surface area contributed by atoms with Gasteiger partial charge in [-0.1, -0.05) is 0 Å². The second-order valence-corrected chi connectivity index (χ2v) is 2.83. The molecule has 0 amide bonds. The predicted octanol–water partition coefficient (Wildman–Crippen LogP) is 0.401. The fourth-order valence-electron chi connectivity index (χ4n) is 1.22. The molecule has 0 spiro atoms. The van der Waals surface area contributed by atoms with Crippen molar-refractivity contribution in [3.8, 4) is 0 Å². The molecule has 1 fully saturated rings. The second-order valence-electron chi connectivity index (χ2n) is 2.83. The Bertz CT molecular complexity index is 92.1. The highest BCUT2D eigenvalue weighted by Crippen LogP contribution is 2.02. The lowest BCUT2D eigenvalue weighted by Gasteiger charge is -2.09. The zero-order valence-electron chi connectivity index (χ0n) is 7.14. The van der Waals surface area contributed by atoms with E-state index < -0.39 is 0 Å². The molecule has 0 aromatic carbocycles. The van der Waals surface area contributed by atoms with E-state index >= 15 is 0 Å². The average molecular weight is 159 g/mol. The van der Waals surface area contributed by atoms with E-state index in [4.69, 9.17) is 9.47 Å². The van der Waals surface area contributed by atoms with Crippen LogP contribution in [0, 0.1) is 0 Å². The van der Waals surface area contributed by atoms with Gasteiger partial charge in [0.05, 0.1) is 6.10 Å². The lowest BCUT2D eigenvalue weighted by atomic mass is 10.3. The first-order valence-corrected chi connectivity index (χ1v) is 4.24. The van der Waals surface area contributed by atoms with Crippen molar-refractivity contribution in [3.63, 3.8) is 0 Å². The molecule has 1 aliphatic rings. The first-order chi connectivity index (χ1) is 5.43. The molecule has 1 aliphatic heterocycles. The lowest BCUT2D eigenvalue weighted by Crippen LogP contribution is -2.17. The van der Waals surface area contributed by atoms with Crippen molar-refractivity contribution in [1.29, 1.82) is 0 Å². The standard InChI is InChI=1S/C8H17NO2/c1-10-5-2-6-11-8-3-4-9-7-8/h8-9H,2-7H2,1H3. The van der Waals surface area contributed by atoms with E-state index in [1.54, 1.807) is 7.11 Å². The minimum absolute atomic E-state index is 0.451. The normalized spacial score (nSPS) is 24.3. The summed E-state index contributed by atoms with van der Waals surface area (Å²) >= 11 is 0. The summed E-state index contributed by atoms with van der Waals surface area (Å²) in [5, 5.41) is 3.26. The van der Waals surface area contributed by atoms with Crippen LogP contribution in [0.15, 0.2) is 0 Å². The third-order valence-corrected chi connectivity index (χ3v) is 1.86. The molecule has 1 N–H and O–H groups in total. The molecule has 1 saturated heterocycles. The summed E-state index contributed by atoms with van der Waals surface area (Å²) in [6, 6.07) is 0. The number of methoxy groups -OCH3 is 1. The molecule has 11 heavy (non-hydrogen) atoms. The number of hydrogen-bond donors (Lipinski definition) is 1. The largest absolute Gasteiger partial charge is 0.385 e. The quantitative estimate of drug-likeness (QED) is 0.589. The zero-order chi connectivity index (χ0) is 7.94. The molecule has 3 heteroatoms. The van der Waals surface area contributed by atoms with Gasteiger partial charge in [-0.3, -0.25) is 0 Å². The van der Waals surface area contributed by atoms with Crippen LogP contribution in [0.3, 0.4) is 0 Å². The van der Waals surface area contributed by atoms with Crippen LogP contribution in [0.1, 0.15) is 12.8 Å². The van der Waals surface area contributed by atoms with E-state index in [0.717, 1.165) is 39.1 Å². The maximum absolute atomic E-state index is 5.56. The van der Waals surface area contributed by atoms with E-state index in [1.807, 2.05) is 0 Å². The first-order valence-electron chi connectivity index (χ1n) is 4.24. The van der Waals surface area contributed by atoms with Gasteiger partial charge in [0.2, 0.25) is 0 Å². The average Bonchev–Trinajstić information content (AvgIpc) is 2.50. The minimum Gasteiger partial charge on any atom is -0.385 e. The van der Waals surface area contributed by atoms with Crippen molar-refractivity contribution < 1.29 is 9.47 Å². The SMILES string of the molecule is COCCCOC1CCNC1. The topological polar surface area (TPSA) is 30.5 Å². The summed E-state index contributed by atoms with van der Waals surface area (Å²) in [5.41, 5.74) is 0. The van der Waals surface area contributed by atoms with Crippen LogP contribution in [0.4, 0.5) is 0 Å². The molecular formula is C8H17NO2. The van der Waals surface area contributed by atoms with Crippen molar-refractivity contribution in [3.05, 3.63) is 0 Å². The van der Waals surface area contributed by atoms with Crippen molar-refractivity contribution in [2.24, 2.45) is 0 Å². The summed E-state index contributed by atoms with van der Waals surface area (Å²) in [6.07, 6.45) is 2.62. The van der Waals surface area contributed by atoms with E-state index in [9.17, 15) is 0 Å². The van der Waals surface area contributed by atoms with Gasteiger partial charge >= 0.3 is 0 Å². The Morgan fingerprint density at radius 2 is 2.36 bits per heavy atom. The highest BCUT2D eigenvalue weighted by atomic mass is 16.5. The maximum atomic E-state index is 5.56. The summed E-state index contributed by atoms with van der Waals surface area (Å²) in [7, 11) is 1.72. The molecule has 1 unspecified atom stereocenters. The highest BCUT2D eigenvalue weighted by molar-refractivity contribution is 4.70. The molecule has 1 rings (SSSR count). The molecule has 1 atom stereocenters. The van der Waals surface area contributed by atoms with E-state index in [0.29, 0.717) is 6.10 Å². The Labute approximate surface area is 68.1 Å². The van der Waals surface area contributed by atoms with Gasteiger partial charge in [-0.25, -0.2) is 0 Å². The number of ether oxygens (including phenoxy) is 2. The van der Waals surface area contributed by atoms with Crippen LogP contribution in [-0.2, 0) is 9.47 Å². The summed E-state index contributed by atoms with van der Waals surface area (Å²) in [5.74, 6) is 0. The second kappa shape index (κ2) is 5.52. The zero-order valence-corrected chi connectivity index (χ0v) is 7.14. The van der Waals surface area contributed by atoms with Gasteiger partial charge in [-0.05, 0) is 19.4 Å². The van der Waals surface area contributed by atoms with Crippen LogP contribution in [0.25, 0.3) is 0 Å². The lowest BCUT2D eigenvalue weighted by molar-refractivity contribution is 0.0513. The van der Waals surface area contributed by atoms with Crippen LogP contribution < -0.4 is 5.32 Å². The summed E-state index contributed by atoms with van der Waals surface area (Å²) in [6.45, 7) is 3.77. The summed E-state index contributed by atoms with van der Waals surface area (Å²) < 4.78 is 10.5. The van der Waals surface area contributed by atoms with Crippen LogP contribution in [0.2, 0.25) is 0 Å². The molecule has 0 aliphatic carbocycles. The monoisotopic (exact) mass is 159 g/mol. The van der Waals surface area contributed by atoms with Crippen molar-refractivity contribution in [1.82, 2.24) is 5.32 Å². The number of hydrogen-bond acceptors (Lipinski definition) is 3. The number of nitrogens with one attached hydrogen (secondary N) is 1. The highest BCUT2D eigenvalue weighted by Gasteiger charge is 2.13. The Morgan fingerprint density at radius 3 is 3.00 bits per heavy atom. The molecule has 0 aromatic heterocycles. The van der Waals surface area contributed by atoms with E-state index in [-0.39, 0.29) is 0 Å². The molecule has 3 nitrogen and oxygen atoms in total. The summed E-state index contributed by atoms with van der Waals surface area (Å²) in [4.78, 5) is 0. The van der Waals surface area contributed by atoms with Gasteiger partial charge in [-0.15, -0.1) is 0 Å². The van der Waals surface area contributed by atoms with E-state index in [2.05, 4.69) is 5.32 Å². The third kappa shape index (κ3) is 3.70. The van der Waals surface area contributed by atoms with Crippen molar-refractivity contribution in [2.75, 3.05) is 33.4 Å². The maximum Gasteiger partial charge on any atom is 0.0711 e. The Hall–Kier alpha value is -0.120.